The van der Waals surface area contributed by atoms with Crippen molar-refractivity contribution in [3.05, 3.63) is 63.1 Å². The normalized spacial score (nSPS) is 11.3. The molecule has 0 saturated carbocycles. The predicted molar refractivity (Wildman–Crippen MR) is 96.5 cm³/mol. The van der Waals surface area contributed by atoms with E-state index in [-0.39, 0.29) is 0 Å². The Morgan fingerprint density at radius 3 is 2.62 bits per heavy atom. The number of pyridine rings is 1. The number of nitrogens with one attached hydrogen (secondary N) is 1. The lowest BCUT2D eigenvalue weighted by Gasteiger charge is -2.07. The van der Waals surface area contributed by atoms with Crippen LogP contribution in [-0.2, 0) is 0 Å². The summed E-state index contributed by atoms with van der Waals surface area (Å²) >= 11 is 7.81. The smallest absolute Gasteiger partial charge is 0.182 e. The van der Waals surface area contributed by atoms with Gasteiger partial charge < -0.3 is 4.98 Å². The summed E-state index contributed by atoms with van der Waals surface area (Å²) in [6.45, 7) is 0. The van der Waals surface area contributed by atoms with Crippen molar-refractivity contribution in [2.24, 2.45) is 0 Å². The standard InChI is InChI=1S/C16H10IN3S/c17-10-5-7-11(8-6-10)20-15-12-3-1-2-4-13(12)18-9-14(15)19-16(20)21/h1-9H,(H,19,21). The fourth-order valence-electron chi connectivity index (χ4n) is 2.57. The summed E-state index contributed by atoms with van der Waals surface area (Å²) < 4.78 is 3.96. The van der Waals surface area contributed by atoms with Crippen LogP contribution in [0.2, 0.25) is 0 Å². The molecule has 3 nitrogen and oxygen atoms in total. The minimum absolute atomic E-state index is 0.685. The Bertz CT molecular complexity index is 1020. The Hall–Kier alpha value is -1.73. The zero-order chi connectivity index (χ0) is 14.4. The molecule has 2 aromatic carbocycles. The van der Waals surface area contributed by atoms with Gasteiger partial charge in [0.1, 0.15) is 0 Å². The lowest BCUT2D eigenvalue weighted by molar-refractivity contribution is 1.07. The van der Waals surface area contributed by atoms with Gasteiger partial charge in [-0.15, -0.1) is 0 Å². The molecule has 4 aromatic rings. The molecule has 102 valence electrons. The first-order chi connectivity index (χ1) is 10.2. The number of hydrogen-bond acceptors (Lipinski definition) is 2. The number of imidazole rings is 1. The zero-order valence-corrected chi connectivity index (χ0v) is 13.9. The van der Waals surface area contributed by atoms with Gasteiger partial charge in [-0.1, -0.05) is 18.2 Å². The molecule has 0 amide bonds. The largest absolute Gasteiger partial charge is 0.329 e. The number of hydrogen-bond donors (Lipinski definition) is 1. The van der Waals surface area contributed by atoms with E-state index in [0.29, 0.717) is 4.77 Å². The number of para-hydroxylation sites is 1. The molecule has 0 aliphatic heterocycles. The Morgan fingerprint density at radius 2 is 1.81 bits per heavy atom. The first-order valence-electron chi connectivity index (χ1n) is 6.48. The number of aromatic amines is 1. The number of nitrogens with zero attached hydrogens (tertiary/aromatic N) is 2. The molecule has 0 aliphatic carbocycles. The van der Waals surface area contributed by atoms with E-state index in [1.165, 1.54) is 3.57 Å². The molecule has 0 saturated heterocycles. The highest BCUT2D eigenvalue weighted by Crippen LogP contribution is 2.26. The Kier molecular flexibility index (Phi) is 3.04. The average Bonchev–Trinajstić information content (AvgIpc) is 2.85. The van der Waals surface area contributed by atoms with Gasteiger partial charge in [0, 0.05) is 14.6 Å². The van der Waals surface area contributed by atoms with Crippen LogP contribution >= 0.6 is 34.8 Å². The third kappa shape index (κ3) is 2.08. The molecular formula is C16H10IN3S. The van der Waals surface area contributed by atoms with E-state index < -0.39 is 0 Å². The van der Waals surface area contributed by atoms with Crippen LogP contribution in [0.15, 0.2) is 54.7 Å². The minimum atomic E-state index is 0.685. The van der Waals surface area contributed by atoms with E-state index in [9.17, 15) is 0 Å². The van der Waals surface area contributed by atoms with Crippen molar-refractivity contribution in [2.45, 2.75) is 0 Å². The van der Waals surface area contributed by atoms with Crippen LogP contribution in [0.4, 0.5) is 0 Å². The van der Waals surface area contributed by atoms with Crippen molar-refractivity contribution in [1.82, 2.24) is 14.5 Å². The van der Waals surface area contributed by atoms with Gasteiger partial charge in [-0.05, 0) is 65.1 Å². The summed E-state index contributed by atoms with van der Waals surface area (Å²) in [6, 6.07) is 16.5. The second-order valence-corrected chi connectivity index (χ2v) is 6.41. The second-order valence-electron chi connectivity index (χ2n) is 4.78. The summed E-state index contributed by atoms with van der Waals surface area (Å²) in [5.74, 6) is 0. The van der Waals surface area contributed by atoms with Crippen LogP contribution in [0.1, 0.15) is 0 Å². The Labute approximate surface area is 139 Å². The number of H-pyrrole nitrogens is 1. The van der Waals surface area contributed by atoms with Gasteiger partial charge >= 0.3 is 0 Å². The van der Waals surface area contributed by atoms with Crippen LogP contribution in [0.5, 0.6) is 0 Å². The maximum absolute atomic E-state index is 5.51. The summed E-state index contributed by atoms with van der Waals surface area (Å²) in [4.78, 5) is 7.73. The molecule has 0 aliphatic rings. The highest BCUT2D eigenvalue weighted by atomic mass is 127. The molecule has 1 N–H and O–H groups in total. The maximum Gasteiger partial charge on any atom is 0.182 e. The SMILES string of the molecule is S=c1[nH]c2cnc3ccccc3c2n1-c1ccc(I)cc1. The first-order valence-corrected chi connectivity index (χ1v) is 7.97. The van der Waals surface area contributed by atoms with Gasteiger partial charge in [0.25, 0.3) is 0 Å². The molecule has 0 atom stereocenters. The Balaban J connectivity index is 2.17. The van der Waals surface area contributed by atoms with E-state index in [1.54, 1.807) is 0 Å². The molecule has 5 heteroatoms. The van der Waals surface area contributed by atoms with E-state index in [0.717, 1.165) is 27.6 Å². The lowest BCUT2D eigenvalue weighted by atomic mass is 10.2. The fraction of sp³-hybridized carbons (Fsp3) is 0. The fourth-order valence-corrected chi connectivity index (χ4v) is 3.23. The van der Waals surface area contributed by atoms with Crippen LogP contribution in [0.25, 0.3) is 27.6 Å². The van der Waals surface area contributed by atoms with Gasteiger partial charge in [0.05, 0.1) is 22.7 Å². The molecule has 4 rings (SSSR count). The highest BCUT2D eigenvalue weighted by molar-refractivity contribution is 14.1. The van der Waals surface area contributed by atoms with Crippen molar-refractivity contribution in [2.75, 3.05) is 0 Å². The predicted octanol–water partition coefficient (Wildman–Crippen LogP) is 4.84. The first kappa shape index (κ1) is 13.0. The number of rotatable bonds is 1. The third-order valence-corrected chi connectivity index (χ3v) is 4.50. The molecule has 0 fully saturated rings. The van der Waals surface area contributed by atoms with Gasteiger partial charge in [-0.3, -0.25) is 9.55 Å². The van der Waals surface area contributed by atoms with Crippen molar-refractivity contribution in [1.29, 1.82) is 0 Å². The van der Waals surface area contributed by atoms with Crippen molar-refractivity contribution in [3.63, 3.8) is 0 Å². The zero-order valence-electron chi connectivity index (χ0n) is 10.9. The van der Waals surface area contributed by atoms with Crippen molar-refractivity contribution >= 4 is 56.7 Å². The minimum Gasteiger partial charge on any atom is -0.329 e. The van der Waals surface area contributed by atoms with Crippen molar-refractivity contribution in [3.8, 4) is 5.69 Å². The third-order valence-electron chi connectivity index (χ3n) is 3.50. The molecule has 0 bridgehead atoms. The highest BCUT2D eigenvalue weighted by Gasteiger charge is 2.10. The summed E-state index contributed by atoms with van der Waals surface area (Å²) in [7, 11) is 0. The second kappa shape index (κ2) is 4.92. The number of aromatic nitrogens is 3. The van der Waals surface area contributed by atoms with Gasteiger partial charge in [0.2, 0.25) is 0 Å². The van der Waals surface area contributed by atoms with Crippen LogP contribution in [-0.4, -0.2) is 14.5 Å². The number of benzene rings is 2. The Morgan fingerprint density at radius 1 is 1.05 bits per heavy atom. The van der Waals surface area contributed by atoms with E-state index >= 15 is 0 Å². The van der Waals surface area contributed by atoms with E-state index in [1.807, 2.05) is 24.4 Å². The summed E-state index contributed by atoms with van der Waals surface area (Å²) in [5, 5.41) is 1.10. The van der Waals surface area contributed by atoms with Crippen LogP contribution in [0.3, 0.4) is 0 Å². The molecule has 2 heterocycles. The van der Waals surface area contributed by atoms with E-state index in [4.69, 9.17) is 12.2 Å². The molecule has 21 heavy (non-hydrogen) atoms. The molecule has 0 unspecified atom stereocenters. The quantitative estimate of drug-likeness (QED) is 0.365. The molecule has 0 spiro atoms. The topological polar surface area (TPSA) is 33.6 Å². The molecular weight excluding hydrogens is 393 g/mol. The van der Waals surface area contributed by atoms with Gasteiger partial charge in [-0.25, -0.2) is 0 Å². The monoisotopic (exact) mass is 403 g/mol. The molecule has 2 aromatic heterocycles. The number of fused-ring (bicyclic) bond motifs is 3. The summed E-state index contributed by atoms with van der Waals surface area (Å²) in [5.41, 5.74) is 4.06. The van der Waals surface area contributed by atoms with Gasteiger partial charge in [0.15, 0.2) is 4.77 Å². The summed E-state index contributed by atoms with van der Waals surface area (Å²) in [6.07, 6.45) is 1.84. The van der Waals surface area contributed by atoms with Crippen LogP contribution in [0, 0.1) is 8.34 Å². The van der Waals surface area contributed by atoms with E-state index in [2.05, 4.69) is 67.5 Å². The van der Waals surface area contributed by atoms with Gasteiger partial charge in [-0.2, -0.15) is 0 Å². The maximum atomic E-state index is 5.51. The van der Waals surface area contributed by atoms with Crippen LogP contribution < -0.4 is 0 Å². The van der Waals surface area contributed by atoms with Crippen molar-refractivity contribution < 1.29 is 0 Å². The molecule has 0 radical (unpaired) electrons. The number of halogens is 1. The average molecular weight is 403 g/mol. The lowest BCUT2D eigenvalue weighted by Crippen LogP contribution is -1.94.